The van der Waals surface area contributed by atoms with E-state index in [1.165, 1.54) is 16.3 Å². The SMILES string of the molecule is Clc1ccc(CN2CCN(Cc3cccc4ccccc34)CC2)c(Cl)c1. The Balaban J connectivity index is 1.37. The van der Waals surface area contributed by atoms with E-state index in [9.17, 15) is 0 Å². The second-order valence-electron chi connectivity index (χ2n) is 6.93. The molecule has 0 saturated carbocycles. The zero-order valence-electron chi connectivity index (χ0n) is 14.7. The number of piperazine rings is 1. The smallest absolute Gasteiger partial charge is 0.0465 e. The molecule has 0 spiro atoms. The summed E-state index contributed by atoms with van der Waals surface area (Å²) >= 11 is 12.3. The first-order valence-electron chi connectivity index (χ1n) is 9.04. The fraction of sp³-hybridized carbons (Fsp3) is 0.273. The van der Waals surface area contributed by atoms with E-state index in [4.69, 9.17) is 23.2 Å². The van der Waals surface area contributed by atoms with Crippen LogP contribution in [-0.4, -0.2) is 36.0 Å². The molecular formula is C22H22Cl2N2. The molecule has 0 unspecified atom stereocenters. The van der Waals surface area contributed by atoms with E-state index in [1.54, 1.807) is 0 Å². The Labute approximate surface area is 164 Å². The average molecular weight is 385 g/mol. The highest BCUT2D eigenvalue weighted by Gasteiger charge is 2.18. The summed E-state index contributed by atoms with van der Waals surface area (Å²) in [6, 6.07) is 21.0. The summed E-state index contributed by atoms with van der Waals surface area (Å²) in [5.74, 6) is 0. The van der Waals surface area contributed by atoms with Crippen LogP contribution in [0.4, 0.5) is 0 Å². The third kappa shape index (κ3) is 4.05. The van der Waals surface area contributed by atoms with Crippen molar-refractivity contribution in [1.82, 2.24) is 9.80 Å². The molecule has 1 aliphatic heterocycles. The number of halogens is 2. The molecule has 26 heavy (non-hydrogen) atoms. The molecule has 4 heteroatoms. The molecule has 1 aliphatic rings. The van der Waals surface area contributed by atoms with Crippen molar-refractivity contribution in [3.05, 3.63) is 81.8 Å². The van der Waals surface area contributed by atoms with E-state index < -0.39 is 0 Å². The Morgan fingerprint density at radius 2 is 1.35 bits per heavy atom. The van der Waals surface area contributed by atoms with E-state index in [0.717, 1.165) is 49.9 Å². The molecule has 0 bridgehead atoms. The van der Waals surface area contributed by atoms with Crippen LogP contribution in [0.25, 0.3) is 10.8 Å². The molecule has 1 heterocycles. The third-order valence-electron chi connectivity index (χ3n) is 5.15. The van der Waals surface area contributed by atoms with Crippen molar-refractivity contribution >= 4 is 34.0 Å². The number of nitrogens with zero attached hydrogens (tertiary/aromatic N) is 2. The van der Waals surface area contributed by atoms with Gasteiger partial charge in [0.25, 0.3) is 0 Å². The van der Waals surface area contributed by atoms with Crippen LogP contribution < -0.4 is 0 Å². The van der Waals surface area contributed by atoms with Crippen LogP contribution in [0.3, 0.4) is 0 Å². The van der Waals surface area contributed by atoms with Crippen LogP contribution in [0.2, 0.25) is 10.0 Å². The average Bonchev–Trinajstić information content (AvgIpc) is 2.66. The molecule has 0 atom stereocenters. The maximum Gasteiger partial charge on any atom is 0.0465 e. The molecule has 4 rings (SSSR count). The first-order valence-corrected chi connectivity index (χ1v) is 9.80. The van der Waals surface area contributed by atoms with Gasteiger partial charge in [-0.1, -0.05) is 71.7 Å². The van der Waals surface area contributed by atoms with Gasteiger partial charge in [0, 0.05) is 49.3 Å². The zero-order chi connectivity index (χ0) is 17.9. The zero-order valence-corrected chi connectivity index (χ0v) is 16.2. The van der Waals surface area contributed by atoms with Gasteiger partial charge in [-0.05, 0) is 34.0 Å². The number of hydrogen-bond acceptors (Lipinski definition) is 2. The van der Waals surface area contributed by atoms with E-state index in [-0.39, 0.29) is 0 Å². The summed E-state index contributed by atoms with van der Waals surface area (Å²) in [5.41, 5.74) is 2.57. The second kappa shape index (κ2) is 7.98. The van der Waals surface area contributed by atoms with Gasteiger partial charge in [-0.15, -0.1) is 0 Å². The molecular weight excluding hydrogens is 363 g/mol. The Hall–Kier alpha value is -1.58. The van der Waals surface area contributed by atoms with Crippen LogP contribution in [0, 0.1) is 0 Å². The Morgan fingerprint density at radius 1 is 0.692 bits per heavy atom. The molecule has 3 aromatic rings. The van der Waals surface area contributed by atoms with Crippen LogP contribution in [-0.2, 0) is 13.1 Å². The minimum Gasteiger partial charge on any atom is -0.297 e. The van der Waals surface area contributed by atoms with Gasteiger partial charge in [0.2, 0.25) is 0 Å². The standard InChI is InChI=1S/C22H22Cl2N2/c23-20-9-8-19(22(24)14-20)16-26-12-10-25(11-13-26)15-18-6-3-5-17-4-1-2-7-21(17)18/h1-9,14H,10-13,15-16H2. The molecule has 0 N–H and O–H groups in total. The van der Waals surface area contributed by atoms with E-state index in [2.05, 4.69) is 52.3 Å². The first-order chi connectivity index (χ1) is 12.7. The van der Waals surface area contributed by atoms with Gasteiger partial charge < -0.3 is 0 Å². The lowest BCUT2D eigenvalue weighted by Crippen LogP contribution is -2.45. The summed E-state index contributed by atoms with van der Waals surface area (Å²) in [6.07, 6.45) is 0. The van der Waals surface area contributed by atoms with Crippen molar-refractivity contribution in [2.24, 2.45) is 0 Å². The summed E-state index contributed by atoms with van der Waals surface area (Å²) in [7, 11) is 0. The molecule has 0 aromatic heterocycles. The van der Waals surface area contributed by atoms with E-state index >= 15 is 0 Å². The van der Waals surface area contributed by atoms with Gasteiger partial charge in [-0.3, -0.25) is 9.80 Å². The third-order valence-corrected chi connectivity index (χ3v) is 5.73. The Morgan fingerprint density at radius 3 is 2.08 bits per heavy atom. The van der Waals surface area contributed by atoms with Gasteiger partial charge in [0.1, 0.15) is 0 Å². The summed E-state index contributed by atoms with van der Waals surface area (Å²) < 4.78 is 0. The molecule has 0 radical (unpaired) electrons. The van der Waals surface area contributed by atoms with Crippen molar-refractivity contribution in [3.8, 4) is 0 Å². The number of fused-ring (bicyclic) bond motifs is 1. The summed E-state index contributed by atoms with van der Waals surface area (Å²) in [6.45, 7) is 6.17. The molecule has 0 aliphatic carbocycles. The quantitative estimate of drug-likeness (QED) is 0.588. The number of benzene rings is 3. The lowest BCUT2D eigenvalue weighted by atomic mass is 10.0. The fourth-order valence-electron chi connectivity index (χ4n) is 3.67. The van der Waals surface area contributed by atoms with Gasteiger partial charge >= 0.3 is 0 Å². The Kier molecular flexibility index (Phi) is 5.46. The van der Waals surface area contributed by atoms with Gasteiger partial charge in [-0.2, -0.15) is 0 Å². The monoisotopic (exact) mass is 384 g/mol. The molecule has 2 nitrogen and oxygen atoms in total. The minimum absolute atomic E-state index is 0.693. The second-order valence-corrected chi connectivity index (χ2v) is 7.77. The van der Waals surface area contributed by atoms with Gasteiger partial charge in [0.05, 0.1) is 0 Å². The minimum atomic E-state index is 0.693. The maximum atomic E-state index is 6.32. The maximum absolute atomic E-state index is 6.32. The molecule has 1 saturated heterocycles. The lowest BCUT2D eigenvalue weighted by Gasteiger charge is -2.35. The molecule has 1 fully saturated rings. The first kappa shape index (κ1) is 17.8. The largest absolute Gasteiger partial charge is 0.297 e. The summed E-state index contributed by atoms with van der Waals surface area (Å²) in [5, 5.41) is 4.14. The van der Waals surface area contributed by atoms with E-state index in [0.29, 0.717) is 5.02 Å². The fourth-order valence-corrected chi connectivity index (χ4v) is 4.14. The molecule has 0 amide bonds. The Bertz CT molecular complexity index is 896. The van der Waals surface area contributed by atoms with E-state index in [1.807, 2.05) is 18.2 Å². The highest BCUT2D eigenvalue weighted by atomic mass is 35.5. The summed E-state index contributed by atoms with van der Waals surface area (Å²) in [4.78, 5) is 5.01. The lowest BCUT2D eigenvalue weighted by molar-refractivity contribution is 0.122. The van der Waals surface area contributed by atoms with Crippen molar-refractivity contribution < 1.29 is 0 Å². The number of rotatable bonds is 4. The van der Waals surface area contributed by atoms with Crippen molar-refractivity contribution in [2.45, 2.75) is 13.1 Å². The van der Waals surface area contributed by atoms with Gasteiger partial charge in [0.15, 0.2) is 0 Å². The predicted octanol–water partition coefficient (Wildman–Crippen LogP) is 5.46. The molecule has 134 valence electrons. The van der Waals surface area contributed by atoms with Crippen molar-refractivity contribution in [2.75, 3.05) is 26.2 Å². The number of hydrogen-bond donors (Lipinski definition) is 0. The van der Waals surface area contributed by atoms with Crippen LogP contribution in [0.15, 0.2) is 60.7 Å². The van der Waals surface area contributed by atoms with Gasteiger partial charge in [-0.25, -0.2) is 0 Å². The van der Waals surface area contributed by atoms with Crippen LogP contribution in [0.5, 0.6) is 0 Å². The van der Waals surface area contributed by atoms with Crippen molar-refractivity contribution in [1.29, 1.82) is 0 Å². The normalized spacial score (nSPS) is 16.2. The topological polar surface area (TPSA) is 6.48 Å². The highest BCUT2D eigenvalue weighted by molar-refractivity contribution is 6.35. The predicted molar refractivity (Wildman–Crippen MR) is 111 cm³/mol. The van der Waals surface area contributed by atoms with Crippen LogP contribution in [0.1, 0.15) is 11.1 Å². The highest BCUT2D eigenvalue weighted by Crippen LogP contribution is 2.24. The van der Waals surface area contributed by atoms with Crippen molar-refractivity contribution in [3.63, 3.8) is 0 Å². The molecule has 3 aromatic carbocycles. The van der Waals surface area contributed by atoms with Crippen LogP contribution >= 0.6 is 23.2 Å².